The van der Waals surface area contributed by atoms with Gasteiger partial charge in [-0.05, 0) is 43.2 Å². The molecule has 0 saturated carbocycles. The summed E-state index contributed by atoms with van der Waals surface area (Å²) in [5.74, 6) is 2.01. The van der Waals surface area contributed by atoms with Crippen LogP contribution in [0.5, 0.6) is 5.75 Å². The molecule has 1 fully saturated rings. The molecule has 1 aliphatic heterocycles. The Bertz CT molecular complexity index is 888. The molecule has 1 amide bonds. The number of ether oxygens (including phenoxy) is 1. The lowest BCUT2D eigenvalue weighted by Crippen LogP contribution is -2.39. The fourth-order valence-electron chi connectivity index (χ4n) is 3.19. The molecule has 2 aromatic heterocycles. The Kier molecular flexibility index (Phi) is 4.43. The van der Waals surface area contributed by atoms with Gasteiger partial charge in [0.2, 0.25) is 11.8 Å². The highest BCUT2D eigenvalue weighted by molar-refractivity contribution is 5.91. The van der Waals surface area contributed by atoms with E-state index in [1.807, 2.05) is 24.3 Å². The smallest absolute Gasteiger partial charge is 0.289 e. The van der Waals surface area contributed by atoms with E-state index in [1.165, 1.54) is 6.26 Å². The summed E-state index contributed by atoms with van der Waals surface area (Å²) < 4.78 is 16.3. The van der Waals surface area contributed by atoms with E-state index in [9.17, 15) is 4.79 Å². The molecule has 0 radical (unpaired) electrons. The van der Waals surface area contributed by atoms with Gasteiger partial charge in [0.1, 0.15) is 5.75 Å². The number of likely N-dealkylation sites (tertiary alicyclic amines) is 1. The number of methoxy groups -OCH3 is 1. The molecule has 3 heterocycles. The van der Waals surface area contributed by atoms with Crippen molar-refractivity contribution in [3.05, 3.63) is 54.3 Å². The van der Waals surface area contributed by atoms with Crippen LogP contribution in [0.2, 0.25) is 0 Å². The van der Waals surface area contributed by atoms with Crippen molar-refractivity contribution in [3.63, 3.8) is 0 Å². The minimum atomic E-state index is -0.104. The van der Waals surface area contributed by atoms with E-state index in [1.54, 1.807) is 24.1 Å². The van der Waals surface area contributed by atoms with Crippen LogP contribution in [0.4, 0.5) is 0 Å². The molecule has 1 aliphatic rings. The van der Waals surface area contributed by atoms with Gasteiger partial charge in [-0.25, -0.2) is 0 Å². The van der Waals surface area contributed by atoms with Gasteiger partial charge in [0.25, 0.3) is 5.91 Å². The lowest BCUT2D eigenvalue weighted by atomic mass is 9.98. The maximum absolute atomic E-state index is 12.5. The topological polar surface area (TPSA) is 81.6 Å². The zero-order valence-corrected chi connectivity index (χ0v) is 14.4. The number of nitrogens with zero attached hydrogens (tertiary/aromatic N) is 3. The van der Waals surface area contributed by atoms with E-state index in [4.69, 9.17) is 13.6 Å². The molecule has 26 heavy (non-hydrogen) atoms. The van der Waals surface area contributed by atoms with E-state index >= 15 is 0 Å². The van der Waals surface area contributed by atoms with Crippen molar-refractivity contribution >= 4 is 5.91 Å². The van der Waals surface area contributed by atoms with Crippen LogP contribution in [0.1, 0.15) is 35.2 Å². The first kappa shape index (κ1) is 16.4. The van der Waals surface area contributed by atoms with Crippen molar-refractivity contribution in [2.45, 2.75) is 18.8 Å². The number of furan rings is 1. The molecule has 7 nitrogen and oxygen atoms in total. The Morgan fingerprint density at radius 2 is 2.19 bits per heavy atom. The van der Waals surface area contributed by atoms with Crippen molar-refractivity contribution in [3.8, 4) is 17.2 Å². The molecular formula is C19H19N3O4. The Morgan fingerprint density at radius 3 is 3.00 bits per heavy atom. The van der Waals surface area contributed by atoms with E-state index in [0.717, 1.165) is 24.2 Å². The lowest BCUT2D eigenvalue weighted by Gasteiger charge is -2.30. The van der Waals surface area contributed by atoms with Gasteiger partial charge in [0, 0.05) is 18.7 Å². The standard InChI is InChI=1S/C19H19N3O4/c1-24-15-7-2-5-13(11-15)17-20-21-18(26-17)14-6-3-9-22(12-14)19(23)16-8-4-10-25-16/h2,4-5,7-8,10-11,14H,3,6,9,12H2,1H3. The number of aromatic nitrogens is 2. The van der Waals surface area contributed by atoms with Crippen LogP contribution < -0.4 is 4.74 Å². The Balaban J connectivity index is 1.51. The average Bonchev–Trinajstić information content (AvgIpc) is 3.39. The summed E-state index contributed by atoms with van der Waals surface area (Å²) in [6.45, 7) is 1.24. The van der Waals surface area contributed by atoms with Crippen LogP contribution in [0.15, 0.2) is 51.5 Å². The fraction of sp³-hybridized carbons (Fsp3) is 0.316. The summed E-state index contributed by atoms with van der Waals surface area (Å²) in [5, 5.41) is 8.37. The normalized spacial score (nSPS) is 17.3. The SMILES string of the molecule is COc1cccc(-c2nnc(C3CCCN(C(=O)c4ccco4)C3)o2)c1. The Hall–Kier alpha value is -3.09. The number of carbonyl (C=O) groups excluding carboxylic acids is 1. The number of hydrogen-bond donors (Lipinski definition) is 0. The molecule has 0 spiro atoms. The number of rotatable bonds is 4. The highest BCUT2D eigenvalue weighted by atomic mass is 16.5. The largest absolute Gasteiger partial charge is 0.497 e. The van der Waals surface area contributed by atoms with Crippen molar-refractivity contribution in [2.75, 3.05) is 20.2 Å². The van der Waals surface area contributed by atoms with Crippen LogP contribution >= 0.6 is 0 Å². The fourth-order valence-corrected chi connectivity index (χ4v) is 3.19. The minimum absolute atomic E-state index is 0.0227. The van der Waals surface area contributed by atoms with E-state index in [2.05, 4.69) is 10.2 Å². The summed E-state index contributed by atoms with van der Waals surface area (Å²) in [5.41, 5.74) is 0.808. The zero-order valence-electron chi connectivity index (χ0n) is 14.4. The van der Waals surface area contributed by atoms with E-state index in [0.29, 0.717) is 30.6 Å². The second-order valence-corrected chi connectivity index (χ2v) is 6.25. The molecule has 134 valence electrons. The summed E-state index contributed by atoms with van der Waals surface area (Å²) in [7, 11) is 1.62. The second-order valence-electron chi connectivity index (χ2n) is 6.25. The van der Waals surface area contributed by atoms with Crippen molar-refractivity contribution in [1.29, 1.82) is 0 Å². The predicted molar refractivity (Wildman–Crippen MR) is 92.9 cm³/mol. The van der Waals surface area contributed by atoms with Gasteiger partial charge in [-0.3, -0.25) is 4.79 Å². The van der Waals surface area contributed by atoms with Gasteiger partial charge in [-0.2, -0.15) is 0 Å². The minimum Gasteiger partial charge on any atom is -0.497 e. The quantitative estimate of drug-likeness (QED) is 0.715. The summed E-state index contributed by atoms with van der Waals surface area (Å²) in [4.78, 5) is 14.3. The summed E-state index contributed by atoms with van der Waals surface area (Å²) in [6.07, 6.45) is 3.29. The number of carbonyl (C=O) groups is 1. The molecule has 0 bridgehead atoms. The molecular weight excluding hydrogens is 334 g/mol. The molecule has 1 atom stereocenters. The third-order valence-corrected chi connectivity index (χ3v) is 4.55. The molecule has 3 aromatic rings. The van der Waals surface area contributed by atoms with E-state index in [-0.39, 0.29) is 11.8 Å². The molecule has 1 unspecified atom stereocenters. The van der Waals surface area contributed by atoms with Crippen molar-refractivity contribution < 1.29 is 18.4 Å². The monoisotopic (exact) mass is 353 g/mol. The molecule has 7 heteroatoms. The predicted octanol–water partition coefficient (Wildman–Crippen LogP) is 3.36. The Morgan fingerprint density at radius 1 is 1.27 bits per heavy atom. The van der Waals surface area contributed by atoms with E-state index < -0.39 is 0 Å². The van der Waals surface area contributed by atoms with Crippen LogP contribution in [0, 0.1) is 0 Å². The van der Waals surface area contributed by atoms with Gasteiger partial charge in [-0.15, -0.1) is 10.2 Å². The first-order valence-corrected chi connectivity index (χ1v) is 8.55. The van der Waals surface area contributed by atoms with Crippen molar-refractivity contribution in [2.24, 2.45) is 0 Å². The average molecular weight is 353 g/mol. The molecule has 1 saturated heterocycles. The second kappa shape index (κ2) is 7.03. The number of piperidine rings is 1. The van der Waals surface area contributed by atoms with Gasteiger partial charge >= 0.3 is 0 Å². The number of hydrogen-bond acceptors (Lipinski definition) is 6. The molecule has 1 aromatic carbocycles. The Labute approximate surface area is 150 Å². The zero-order chi connectivity index (χ0) is 17.9. The highest BCUT2D eigenvalue weighted by Gasteiger charge is 2.30. The van der Waals surface area contributed by atoms with Gasteiger partial charge in [-0.1, -0.05) is 6.07 Å². The first-order chi connectivity index (χ1) is 12.7. The first-order valence-electron chi connectivity index (χ1n) is 8.55. The number of amides is 1. The molecule has 0 aliphatic carbocycles. The molecule has 4 rings (SSSR count). The van der Waals surface area contributed by atoms with Crippen LogP contribution in [0.25, 0.3) is 11.5 Å². The van der Waals surface area contributed by atoms with Crippen LogP contribution in [-0.4, -0.2) is 41.2 Å². The molecule has 0 N–H and O–H groups in total. The van der Waals surface area contributed by atoms with Gasteiger partial charge in [0.15, 0.2) is 5.76 Å². The number of benzene rings is 1. The van der Waals surface area contributed by atoms with Crippen LogP contribution in [0.3, 0.4) is 0 Å². The maximum atomic E-state index is 12.5. The summed E-state index contributed by atoms with van der Waals surface area (Å²) >= 11 is 0. The van der Waals surface area contributed by atoms with Gasteiger partial charge < -0.3 is 18.5 Å². The van der Waals surface area contributed by atoms with Crippen molar-refractivity contribution in [1.82, 2.24) is 15.1 Å². The van der Waals surface area contributed by atoms with Gasteiger partial charge in [0.05, 0.1) is 19.3 Å². The maximum Gasteiger partial charge on any atom is 0.289 e. The highest BCUT2D eigenvalue weighted by Crippen LogP contribution is 2.30. The summed E-state index contributed by atoms with van der Waals surface area (Å²) in [6, 6.07) is 10.9. The van der Waals surface area contributed by atoms with Crippen LogP contribution in [-0.2, 0) is 0 Å². The third kappa shape index (κ3) is 3.20. The lowest BCUT2D eigenvalue weighted by molar-refractivity contribution is 0.0666. The third-order valence-electron chi connectivity index (χ3n) is 4.55.